The predicted molar refractivity (Wildman–Crippen MR) is 81.3 cm³/mol. The Morgan fingerprint density at radius 2 is 0.947 bits per heavy atom. The molecule has 0 saturated heterocycles. The molecule has 3 N–H and O–H groups in total. The van der Waals surface area contributed by atoms with Gasteiger partial charge in [-0.2, -0.15) is 0 Å². The highest BCUT2D eigenvalue weighted by Gasteiger charge is 1.96. The van der Waals surface area contributed by atoms with Gasteiger partial charge in [-0.05, 0) is 19.4 Å². The Morgan fingerprint density at radius 1 is 0.632 bits per heavy atom. The Hall–Kier alpha value is -0.570. The van der Waals surface area contributed by atoms with Crippen LogP contribution in [0.2, 0.25) is 0 Å². The second kappa shape index (κ2) is 15.5. The van der Waals surface area contributed by atoms with Crippen molar-refractivity contribution >= 4 is 5.97 Å². The van der Waals surface area contributed by atoms with Crippen molar-refractivity contribution < 1.29 is 9.90 Å². The molecule has 3 heteroatoms. The SMILES string of the molecule is NCCCCCCCCCCCCCCCC(=O)O. The summed E-state index contributed by atoms with van der Waals surface area (Å²) in [5.41, 5.74) is 5.45. The lowest BCUT2D eigenvalue weighted by atomic mass is 10.0. The zero-order valence-corrected chi connectivity index (χ0v) is 12.5. The summed E-state index contributed by atoms with van der Waals surface area (Å²) in [5.74, 6) is -0.661. The van der Waals surface area contributed by atoms with Gasteiger partial charge in [-0.15, -0.1) is 0 Å². The van der Waals surface area contributed by atoms with Crippen molar-refractivity contribution in [3.63, 3.8) is 0 Å². The summed E-state index contributed by atoms with van der Waals surface area (Å²) in [4.78, 5) is 10.3. The van der Waals surface area contributed by atoms with Crippen LogP contribution in [0.25, 0.3) is 0 Å². The second-order valence-corrected chi connectivity index (χ2v) is 5.53. The summed E-state index contributed by atoms with van der Waals surface area (Å²) in [6, 6.07) is 0. The summed E-state index contributed by atoms with van der Waals surface area (Å²) in [6.45, 7) is 0.840. The summed E-state index contributed by atoms with van der Waals surface area (Å²) in [6.07, 6.45) is 16.7. The average Bonchev–Trinajstić information content (AvgIpc) is 2.39. The van der Waals surface area contributed by atoms with Crippen LogP contribution in [0.4, 0.5) is 0 Å². The first-order valence-corrected chi connectivity index (χ1v) is 8.19. The number of unbranched alkanes of at least 4 members (excludes halogenated alkanes) is 12. The van der Waals surface area contributed by atoms with Crippen LogP contribution in [-0.4, -0.2) is 17.6 Å². The minimum absolute atomic E-state index is 0.337. The number of carboxylic acids is 1. The van der Waals surface area contributed by atoms with E-state index >= 15 is 0 Å². The highest BCUT2D eigenvalue weighted by Crippen LogP contribution is 2.12. The molecule has 0 aliphatic carbocycles. The van der Waals surface area contributed by atoms with E-state index in [1.807, 2.05) is 0 Å². The molecule has 0 atom stereocenters. The molecule has 114 valence electrons. The smallest absolute Gasteiger partial charge is 0.303 e. The standard InChI is InChI=1S/C16H33NO2/c17-15-13-11-9-7-5-3-1-2-4-6-8-10-12-14-16(18)19/h1-15,17H2,(H,18,19). The molecule has 0 bridgehead atoms. The molecule has 0 aromatic carbocycles. The van der Waals surface area contributed by atoms with Crippen LogP contribution in [0, 0.1) is 0 Å². The van der Waals surface area contributed by atoms with E-state index in [-0.39, 0.29) is 0 Å². The molecule has 0 rings (SSSR count). The van der Waals surface area contributed by atoms with Gasteiger partial charge in [-0.1, -0.05) is 70.6 Å². The number of carbonyl (C=O) groups is 1. The third kappa shape index (κ3) is 17.4. The second-order valence-electron chi connectivity index (χ2n) is 5.53. The van der Waals surface area contributed by atoms with Gasteiger partial charge < -0.3 is 10.8 Å². The zero-order valence-electron chi connectivity index (χ0n) is 12.5. The third-order valence-corrected chi connectivity index (χ3v) is 3.59. The van der Waals surface area contributed by atoms with E-state index < -0.39 is 5.97 Å². The largest absolute Gasteiger partial charge is 0.481 e. The average molecular weight is 271 g/mol. The van der Waals surface area contributed by atoms with Gasteiger partial charge in [0.1, 0.15) is 0 Å². The van der Waals surface area contributed by atoms with E-state index in [0.717, 1.165) is 19.4 Å². The molecule has 0 aromatic rings. The number of hydrogen-bond donors (Lipinski definition) is 2. The maximum Gasteiger partial charge on any atom is 0.303 e. The maximum absolute atomic E-state index is 10.3. The highest BCUT2D eigenvalue weighted by atomic mass is 16.4. The normalized spacial score (nSPS) is 10.8. The van der Waals surface area contributed by atoms with Gasteiger partial charge >= 0.3 is 5.97 Å². The lowest BCUT2D eigenvalue weighted by Crippen LogP contribution is -1.97. The van der Waals surface area contributed by atoms with E-state index in [1.165, 1.54) is 70.6 Å². The van der Waals surface area contributed by atoms with Crippen LogP contribution in [0.1, 0.15) is 89.9 Å². The highest BCUT2D eigenvalue weighted by molar-refractivity contribution is 5.66. The van der Waals surface area contributed by atoms with Crippen LogP contribution in [-0.2, 0) is 4.79 Å². The van der Waals surface area contributed by atoms with Crippen molar-refractivity contribution in [2.24, 2.45) is 5.73 Å². The Bertz CT molecular complexity index is 195. The molecule has 0 unspecified atom stereocenters. The molecule has 0 heterocycles. The molecule has 0 aliphatic heterocycles. The Kier molecular flexibility index (Phi) is 15.0. The van der Waals surface area contributed by atoms with E-state index in [2.05, 4.69) is 0 Å². The van der Waals surface area contributed by atoms with Crippen LogP contribution in [0.3, 0.4) is 0 Å². The minimum Gasteiger partial charge on any atom is -0.481 e. The van der Waals surface area contributed by atoms with Crippen LogP contribution < -0.4 is 5.73 Å². The summed E-state index contributed by atoms with van der Waals surface area (Å²) < 4.78 is 0. The van der Waals surface area contributed by atoms with Crippen molar-refractivity contribution in [3.05, 3.63) is 0 Å². The van der Waals surface area contributed by atoms with Crippen LogP contribution in [0.5, 0.6) is 0 Å². The van der Waals surface area contributed by atoms with E-state index in [9.17, 15) is 4.79 Å². The molecule has 19 heavy (non-hydrogen) atoms. The minimum atomic E-state index is -0.661. The van der Waals surface area contributed by atoms with Crippen LogP contribution >= 0.6 is 0 Å². The number of hydrogen-bond acceptors (Lipinski definition) is 2. The van der Waals surface area contributed by atoms with Crippen molar-refractivity contribution in [1.82, 2.24) is 0 Å². The van der Waals surface area contributed by atoms with Crippen molar-refractivity contribution in [2.75, 3.05) is 6.54 Å². The van der Waals surface area contributed by atoms with Gasteiger partial charge in [0.05, 0.1) is 0 Å². The van der Waals surface area contributed by atoms with Gasteiger partial charge in [0, 0.05) is 6.42 Å². The van der Waals surface area contributed by atoms with Gasteiger partial charge in [0.25, 0.3) is 0 Å². The first kappa shape index (κ1) is 18.4. The fraction of sp³-hybridized carbons (Fsp3) is 0.938. The molecule has 0 aromatic heterocycles. The van der Waals surface area contributed by atoms with E-state index in [0.29, 0.717) is 6.42 Å². The Morgan fingerprint density at radius 3 is 1.26 bits per heavy atom. The fourth-order valence-corrected chi connectivity index (χ4v) is 2.37. The molecule has 0 aliphatic rings. The van der Waals surface area contributed by atoms with Crippen molar-refractivity contribution in [1.29, 1.82) is 0 Å². The maximum atomic E-state index is 10.3. The molecular weight excluding hydrogens is 238 g/mol. The molecule has 0 radical (unpaired) electrons. The summed E-state index contributed by atoms with van der Waals surface area (Å²) in [5, 5.41) is 8.50. The van der Waals surface area contributed by atoms with Gasteiger partial charge in [-0.25, -0.2) is 0 Å². The first-order chi connectivity index (χ1) is 9.27. The zero-order chi connectivity index (χ0) is 14.2. The lowest BCUT2D eigenvalue weighted by molar-refractivity contribution is -0.137. The monoisotopic (exact) mass is 271 g/mol. The first-order valence-electron chi connectivity index (χ1n) is 8.19. The molecule has 3 nitrogen and oxygen atoms in total. The predicted octanol–water partition coefficient (Wildman–Crippen LogP) is 4.49. The van der Waals surface area contributed by atoms with Gasteiger partial charge in [0.2, 0.25) is 0 Å². The molecule has 0 saturated carbocycles. The van der Waals surface area contributed by atoms with Crippen molar-refractivity contribution in [2.45, 2.75) is 89.9 Å². The number of nitrogens with two attached hydrogens (primary N) is 1. The van der Waals surface area contributed by atoms with E-state index in [1.54, 1.807) is 0 Å². The molecule has 0 fully saturated rings. The summed E-state index contributed by atoms with van der Waals surface area (Å²) in [7, 11) is 0. The number of rotatable bonds is 15. The topological polar surface area (TPSA) is 63.3 Å². The number of aliphatic carboxylic acids is 1. The van der Waals surface area contributed by atoms with E-state index in [4.69, 9.17) is 10.8 Å². The third-order valence-electron chi connectivity index (χ3n) is 3.59. The number of carboxylic acid groups (broad SMARTS) is 1. The lowest BCUT2D eigenvalue weighted by Gasteiger charge is -2.02. The van der Waals surface area contributed by atoms with Gasteiger partial charge in [0.15, 0.2) is 0 Å². The summed E-state index contributed by atoms with van der Waals surface area (Å²) >= 11 is 0. The Labute approximate surface area is 119 Å². The molecule has 0 amide bonds. The van der Waals surface area contributed by atoms with Crippen LogP contribution in [0.15, 0.2) is 0 Å². The fourth-order valence-electron chi connectivity index (χ4n) is 2.37. The molecular formula is C16H33NO2. The van der Waals surface area contributed by atoms with Gasteiger partial charge in [-0.3, -0.25) is 4.79 Å². The molecule has 0 spiro atoms. The quantitative estimate of drug-likeness (QED) is 0.431. The Balaban J connectivity index is 2.93. The van der Waals surface area contributed by atoms with Crippen molar-refractivity contribution in [3.8, 4) is 0 Å².